The van der Waals surface area contributed by atoms with Crippen LogP contribution in [0.2, 0.25) is 5.02 Å². The largest absolute Gasteiger partial charge is 0.493 e. The van der Waals surface area contributed by atoms with Gasteiger partial charge in [0.05, 0.1) is 18.7 Å². The topological polar surface area (TPSA) is 67.8 Å². The Morgan fingerprint density at radius 2 is 2.14 bits per heavy atom. The lowest BCUT2D eigenvalue weighted by atomic mass is 10.1. The quantitative estimate of drug-likeness (QED) is 0.723. The monoisotopic (exact) mass is 315 g/mol. The molecule has 1 amide bonds. The summed E-state index contributed by atoms with van der Waals surface area (Å²) in [5.41, 5.74) is 0.395. The van der Waals surface area contributed by atoms with Crippen LogP contribution >= 0.6 is 11.6 Å². The Morgan fingerprint density at radius 1 is 1.43 bits per heavy atom. The van der Waals surface area contributed by atoms with E-state index < -0.39 is 0 Å². The molecule has 0 unspecified atom stereocenters. The van der Waals surface area contributed by atoms with Gasteiger partial charge >= 0.3 is 0 Å². The number of hydrogen-bond acceptors (Lipinski definition) is 4. The molecule has 0 saturated heterocycles. The highest BCUT2D eigenvalue weighted by molar-refractivity contribution is 6.32. The van der Waals surface area contributed by atoms with E-state index in [1.807, 2.05) is 13.8 Å². The second-order valence-corrected chi connectivity index (χ2v) is 5.43. The summed E-state index contributed by atoms with van der Waals surface area (Å²) in [6.45, 7) is 5.01. The molecule has 0 atom stereocenters. The first-order valence-electron chi connectivity index (χ1n) is 6.89. The van der Waals surface area contributed by atoms with Crippen LogP contribution in [0.15, 0.2) is 12.1 Å². The van der Waals surface area contributed by atoms with Crippen molar-refractivity contribution in [1.82, 2.24) is 5.32 Å². The Bertz CT molecular complexity index is 477. The molecule has 0 aliphatic rings. The maximum absolute atomic E-state index is 12.0. The van der Waals surface area contributed by atoms with Crippen LogP contribution in [-0.2, 0) is 0 Å². The van der Waals surface area contributed by atoms with Gasteiger partial charge in [0.15, 0.2) is 11.5 Å². The van der Waals surface area contributed by atoms with Crippen molar-refractivity contribution in [2.24, 2.45) is 5.92 Å². The number of carbonyl (C=O) groups excluding carboxylic acids is 1. The van der Waals surface area contributed by atoms with Crippen LogP contribution in [0.3, 0.4) is 0 Å². The van der Waals surface area contributed by atoms with Gasteiger partial charge in [0.1, 0.15) is 0 Å². The first kappa shape index (κ1) is 17.6. The minimum atomic E-state index is -0.265. The lowest BCUT2D eigenvalue weighted by Crippen LogP contribution is -2.25. The molecule has 2 N–H and O–H groups in total. The summed E-state index contributed by atoms with van der Waals surface area (Å²) in [6.07, 6.45) is 0.506. The molecule has 21 heavy (non-hydrogen) atoms. The maximum Gasteiger partial charge on any atom is 0.251 e. The summed E-state index contributed by atoms with van der Waals surface area (Å²) < 4.78 is 10.9. The molecule has 0 bridgehead atoms. The van der Waals surface area contributed by atoms with Crippen molar-refractivity contribution in [2.75, 3.05) is 26.9 Å². The third-order valence-corrected chi connectivity index (χ3v) is 2.95. The normalized spacial score (nSPS) is 10.6. The van der Waals surface area contributed by atoms with E-state index in [0.29, 0.717) is 47.6 Å². The zero-order chi connectivity index (χ0) is 15.8. The number of hydrogen-bond donors (Lipinski definition) is 2. The maximum atomic E-state index is 12.0. The molecule has 0 aromatic heterocycles. The van der Waals surface area contributed by atoms with Crippen molar-refractivity contribution < 1.29 is 19.4 Å². The third-order valence-electron chi connectivity index (χ3n) is 2.67. The van der Waals surface area contributed by atoms with Crippen LogP contribution in [0.4, 0.5) is 0 Å². The zero-order valence-corrected chi connectivity index (χ0v) is 13.4. The predicted molar refractivity (Wildman–Crippen MR) is 82.4 cm³/mol. The Labute approximate surface area is 130 Å². The van der Waals surface area contributed by atoms with Crippen molar-refractivity contribution in [3.8, 4) is 11.5 Å². The number of nitrogens with one attached hydrogen (secondary N) is 1. The highest BCUT2D eigenvalue weighted by atomic mass is 35.5. The number of amides is 1. The Balaban J connectivity index is 2.89. The fourth-order valence-electron chi connectivity index (χ4n) is 1.62. The van der Waals surface area contributed by atoms with Gasteiger partial charge in [0, 0.05) is 18.7 Å². The van der Waals surface area contributed by atoms with Gasteiger partial charge in [-0.2, -0.15) is 0 Å². The molecule has 1 rings (SSSR count). The molecule has 0 fully saturated rings. The van der Waals surface area contributed by atoms with Gasteiger partial charge in [-0.1, -0.05) is 25.4 Å². The number of rotatable bonds is 8. The molecule has 0 heterocycles. The number of benzene rings is 1. The van der Waals surface area contributed by atoms with E-state index in [-0.39, 0.29) is 12.5 Å². The molecule has 0 aliphatic heterocycles. The van der Waals surface area contributed by atoms with Crippen LogP contribution in [0, 0.1) is 5.92 Å². The van der Waals surface area contributed by atoms with Gasteiger partial charge in [-0.15, -0.1) is 0 Å². The van der Waals surface area contributed by atoms with Crippen LogP contribution in [0.25, 0.3) is 0 Å². The number of methoxy groups -OCH3 is 1. The Morgan fingerprint density at radius 3 is 2.71 bits per heavy atom. The Hall–Kier alpha value is -1.46. The van der Waals surface area contributed by atoms with E-state index in [1.54, 1.807) is 12.1 Å². The molecular formula is C15H22ClNO4. The lowest BCUT2D eigenvalue weighted by Gasteiger charge is -2.15. The lowest BCUT2D eigenvalue weighted by molar-refractivity contribution is 0.0950. The van der Waals surface area contributed by atoms with Gasteiger partial charge in [-0.25, -0.2) is 0 Å². The molecule has 1 aromatic carbocycles. The van der Waals surface area contributed by atoms with Crippen LogP contribution in [-0.4, -0.2) is 37.9 Å². The predicted octanol–water partition coefficient (Wildman–Crippen LogP) is 2.50. The van der Waals surface area contributed by atoms with Gasteiger partial charge in [-0.3, -0.25) is 4.79 Å². The molecule has 5 nitrogen and oxygen atoms in total. The second-order valence-electron chi connectivity index (χ2n) is 5.03. The average molecular weight is 316 g/mol. The standard InChI is InChI=1S/C15H22ClNO4/c1-10(2)9-21-14-12(16)7-11(8-13(14)20-3)15(19)17-5-4-6-18/h7-8,10,18H,4-6,9H2,1-3H3,(H,17,19). The van der Waals surface area contributed by atoms with Crippen molar-refractivity contribution in [1.29, 1.82) is 0 Å². The van der Waals surface area contributed by atoms with Crippen molar-refractivity contribution in [2.45, 2.75) is 20.3 Å². The highest BCUT2D eigenvalue weighted by Gasteiger charge is 2.16. The van der Waals surface area contributed by atoms with E-state index in [9.17, 15) is 4.79 Å². The smallest absolute Gasteiger partial charge is 0.251 e. The van der Waals surface area contributed by atoms with Crippen LogP contribution < -0.4 is 14.8 Å². The molecule has 1 aromatic rings. The van der Waals surface area contributed by atoms with Crippen LogP contribution in [0.1, 0.15) is 30.6 Å². The SMILES string of the molecule is COc1cc(C(=O)NCCCO)cc(Cl)c1OCC(C)C. The van der Waals surface area contributed by atoms with Gasteiger partial charge in [0.25, 0.3) is 5.91 Å². The fraction of sp³-hybridized carbons (Fsp3) is 0.533. The molecule has 0 saturated carbocycles. The minimum Gasteiger partial charge on any atom is -0.493 e. The van der Waals surface area contributed by atoms with Crippen molar-refractivity contribution in [3.05, 3.63) is 22.7 Å². The number of aliphatic hydroxyl groups excluding tert-OH is 1. The molecule has 0 spiro atoms. The van der Waals surface area contributed by atoms with E-state index in [0.717, 1.165) is 0 Å². The first-order valence-corrected chi connectivity index (χ1v) is 7.26. The van der Waals surface area contributed by atoms with Gasteiger partial charge in [0.2, 0.25) is 0 Å². The molecule has 6 heteroatoms. The summed E-state index contributed by atoms with van der Waals surface area (Å²) in [7, 11) is 1.50. The van der Waals surface area contributed by atoms with Crippen LogP contribution in [0.5, 0.6) is 11.5 Å². The van der Waals surface area contributed by atoms with E-state index in [1.165, 1.54) is 7.11 Å². The minimum absolute atomic E-state index is 0.0341. The molecular weight excluding hydrogens is 294 g/mol. The second kappa shape index (κ2) is 8.74. The summed E-state index contributed by atoms with van der Waals surface area (Å²) in [4.78, 5) is 12.0. The van der Waals surface area contributed by atoms with E-state index in [4.69, 9.17) is 26.2 Å². The molecule has 0 radical (unpaired) electrons. The Kier molecular flexibility index (Phi) is 7.32. The van der Waals surface area contributed by atoms with Gasteiger partial charge in [-0.05, 0) is 24.5 Å². The highest BCUT2D eigenvalue weighted by Crippen LogP contribution is 2.36. The van der Waals surface area contributed by atoms with E-state index in [2.05, 4.69) is 5.32 Å². The average Bonchev–Trinajstić information content (AvgIpc) is 2.45. The number of aliphatic hydroxyl groups is 1. The molecule has 0 aliphatic carbocycles. The van der Waals surface area contributed by atoms with Crippen molar-refractivity contribution in [3.63, 3.8) is 0 Å². The summed E-state index contributed by atoms with van der Waals surface area (Å²) in [5, 5.41) is 11.7. The molecule has 118 valence electrons. The third kappa shape index (κ3) is 5.44. The van der Waals surface area contributed by atoms with Gasteiger partial charge < -0.3 is 19.9 Å². The fourth-order valence-corrected chi connectivity index (χ4v) is 1.89. The zero-order valence-electron chi connectivity index (χ0n) is 12.6. The summed E-state index contributed by atoms with van der Waals surface area (Å²) >= 11 is 6.18. The number of ether oxygens (including phenoxy) is 2. The number of carbonyl (C=O) groups is 1. The number of halogens is 1. The van der Waals surface area contributed by atoms with Crippen molar-refractivity contribution >= 4 is 17.5 Å². The summed E-state index contributed by atoms with van der Waals surface area (Å²) in [6, 6.07) is 3.14. The first-order chi connectivity index (χ1) is 9.99. The van der Waals surface area contributed by atoms with E-state index >= 15 is 0 Å². The summed E-state index contributed by atoms with van der Waals surface area (Å²) in [5.74, 6) is 0.960.